The molecule has 182 valence electrons. The van der Waals surface area contributed by atoms with Gasteiger partial charge in [-0.3, -0.25) is 4.79 Å². The quantitative estimate of drug-likeness (QED) is 0.491. The Morgan fingerprint density at radius 1 is 0.912 bits per heavy atom. The van der Waals surface area contributed by atoms with E-state index in [1.54, 1.807) is 44.2 Å². The van der Waals surface area contributed by atoms with Gasteiger partial charge in [0, 0.05) is 23.8 Å². The molecule has 0 spiro atoms. The van der Waals surface area contributed by atoms with Gasteiger partial charge in [0.05, 0.1) is 0 Å². The molecule has 0 aliphatic carbocycles. The Labute approximate surface area is 202 Å². The van der Waals surface area contributed by atoms with Crippen LogP contribution in [0.4, 0.5) is 0 Å². The van der Waals surface area contributed by atoms with Crippen molar-refractivity contribution in [2.24, 2.45) is 5.92 Å². The standard InChI is InChI=1S/C16H22N2.C12H15NO3/c1-4-10-17(11-5-1)12-6-13-18-14-9-15-7-2-3-8-16(15)18;1-8(2)10(12(15)16)13-11(14)9-6-4-3-5-7-9/h2-3,7-9,14H,1,4-6,10-13H2;3-8,10H,1-2H3,(H,13,14)(H,15,16). The van der Waals surface area contributed by atoms with Crippen molar-refractivity contribution in [3.63, 3.8) is 0 Å². The van der Waals surface area contributed by atoms with Gasteiger partial charge in [0.1, 0.15) is 6.04 Å². The number of carbonyl (C=O) groups excluding carboxylic acids is 1. The number of hydrogen-bond donors (Lipinski definition) is 2. The van der Waals surface area contributed by atoms with Gasteiger partial charge in [0.2, 0.25) is 0 Å². The number of nitrogens with zero attached hydrogens (tertiary/aromatic N) is 2. The molecule has 1 aromatic heterocycles. The summed E-state index contributed by atoms with van der Waals surface area (Å²) in [7, 11) is 0. The molecule has 34 heavy (non-hydrogen) atoms. The molecule has 1 amide bonds. The van der Waals surface area contributed by atoms with E-state index in [9.17, 15) is 9.59 Å². The maximum absolute atomic E-state index is 11.7. The molecule has 3 aromatic rings. The SMILES string of the molecule is CC(C)C(NC(=O)c1ccccc1)C(=O)O.c1ccc2c(c1)ccn2CCCN1CCCCC1. The fourth-order valence-corrected chi connectivity index (χ4v) is 4.31. The molecule has 0 saturated carbocycles. The van der Waals surface area contributed by atoms with Crippen LogP contribution >= 0.6 is 0 Å². The van der Waals surface area contributed by atoms with Crippen molar-refractivity contribution in [2.45, 2.75) is 52.1 Å². The van der Waals surface area contributed by atoms with Gasteiger partial charge >= 0.3 is 5.97 Å². The summed E-state index contributed by atoms with van der Waals surface area (Å²) in [4.78, 5) is 25.2. The predicted molar refractivity (Wildman–Crippen MR) is 137 cm³/mol. The fourth-order valence-electron chi connectivity index (χ4n) is 4.31. The van der Waals surface area contributed by atoms with Crippen LogP contribution in [0.15, 0.2) is 66.9 Å². The number of amides is 1. The Morgan fingerprint density at radius 3 is 2.26 bits per heavy atom. The lowest BCUT2D eigenvalue weighted by Gasteiger charge is -2.26. The second-order valence-electron chi connectivity index (χ2n) is 9.22. The molecule has 1 atom stereocenters. The number of carbonyl (C=O) groups is 2. The van der Waals surface area contributed by atoms with Gasteiger partial charge in [0.15, 0.2) is 0 Å². The molecule has 4 rings (SSSR count). The van der Waals surface area contributed by atoms with Crippen LogP contribution in [-0.2, 0) is 11.3 Å². The molecule has 0 radical (unpaired) electrons. The summed E-state index contributed by atoms with van der Waals surface area (Å²) < 4.78 is 2.39. The highest BCUT2D eigenvalue weighted by Gasteiger charge is 2.23. The lowest BCUT2D eigenvalue weighted by Crippen LogP contribution is -2.44. The third kappa shape index (κ3) is 7.45. The predicted octanol–water partition coefficient (Wildman–Crippen LogP) is 5.04. The Bertz CT molecular complexity index is 1040. The molecule has 1 saturated heterocycles. The number of nitrogens with one attached hydrogen (secondary N) is 1. The second kappa shape index (κ2) is 12.9. The van der Waals surface area contributed by atoms with Crippen LogP contribution in [0.3, 0.4) is 0 Å². The van der Waals surface area contributed by atoms with Crippen LogP contribution in [0.25, 0.3) is 10.9 Å². The van der Waals surface area contributed by atoms with Gasteiger partial charge in [-0.25, -0.2) is 4.79 Å². The maximum Gasteiger partial charge on any atom is 0.326 e. The molecule has 1 fully saturated rings. The summed E-state index contributed by atoms with van der Waals surface area (Å²) in [6.45, 7) is 8.53. The average Bonchev–Trinajstić information content (AvgIpc) is 3.27. The van der Waals surface area contributed by atoms with Crippen molar-refractivity contribution in [1.29, 1.82) is 0 Å². The van der Waals surface area contributed by atoms with Crippen LogP contribution in [0.2, 0.25) is 0 Å². The smallest absolute Gasteiger partial charge is 0.326 e. The third-order valence-electron chi connectivity index (χ3n) is 6.26. The minimum atomic E-state index is -1.01. The Kier molecular flexibility index (Phi) is 9.71. The highest BCUT2D eigenvalue weighted by atomic mass is 16.4. The van der Waals surface area contributed by atoms with E-state index >= 15 is 0 Å². The summed E-state index contributed by atoms with van der Waals surface area (Å²) in [5.41, 5.74) is 1.84. The zero-order valence-corrected chi connectivity index (χ0v) is 20.3. The molecule has 1 aliphatic heterocycles. The number of aryl methyl sites for hydroxylation is 1. The highest BCUT2D eigenvalue weighted by Crippen LogP contribution is 2.16. The van der Waals surface area contributed by atoms with Crippen LogP contribution in [0, 0.1) is 5.92 Å². The molecule has 6 nitrogen and oxygen atoms in total. The number of para-hydroxylation sites is 1. The summed E-state index contributed by atoms with van der Waals surface area (Å²) in [5, 5.41) is 12.8. The van der Waals surface area contributed by atoms with E-state index in [2.05, 4.69) is 51.3 Å². The van der Waals surface area contributed by atoms with Crippen LogP contribution in [0.5, 0.6) is 0 Å². The third-order valence-corrected chi connectivity index (χ3v) is 6.26. The monoisotopic (exact) mass is 463 g/mol. The zero-order valence-electron chi connectivity index (χ0n) is 20.3. The van der Waals surface area contributed by atoms with Gasteiger partial charge in [0.25, 0.3) is 5.91 Å². The number of rotatable bonds is 8. The first-order chi connectivity index (χ1) is 16.5. The molecule has 2 heterocycles. The fraction of sp³-hybridized carbons (Fsp3) is 0.429. The number of hydrogen-bond acceptors (Lipinski definition) is 3. The van der Waals surface area contributed by atoms with Crippen molar-refractivity contribution in [1.82, 2.24) is 14.8 Å². The number of carboxylic acids is 1. The number of fused-ring (bicyclic) bond motifs is 1. The van der Waals surface area contributed by atoms with Crippen molar-refractivity contribution in [3.05, 3.63) is 72.4 Å². The van der Waals surface area contributed by atoms with E-state index in [1.165, 1.54) is 56.2 Å². The lowest BCUT2D eigenvalue weighted by molar-refractivity contribution is -0.140. The first-order valence-electron chi connectivity index (χ1n) is 12.3. The molecule has 0 bridgehead atoms. The van der Waals surface area contributed by atoms with E-state index in [0.717, 1.165) is 6.54 Å². The largest absolute Gasteiger partial charge is 0.480 e. The van der Waals surface area contributed by atoms with E-state index in [0.29, 0.717) is 5.56 Å². The van der Waals surface area contributed by atoms with Gasteiger partial charge in [-0.15, -0.1) is 0 Å². The number of likely N-dealkylation sites (tertiary alicyclic amines) is 1. The lowest BCUT2D eigenvalue weighted by atomic mass is 10.0. The van der Waals surface area contributed by atoms with E-state index in [1.807, 2.05) is 0 Å². The molecule has 1 aliphatic rings. The molecular formula is C28H37N3O3. The van der Waals surface area contributed by atoms with Gasteiger partial charge in [-0.05, 0) is 74.5 Å². The minimum absolute atomic E-state index is 0.148. The topological polar surface area (TPSA) is 74.6 Å². The van der Waals surface area contributed by atoms with Crippen molar-refractivity contribution < 1.29 is 14.7 Å². The number of piperidine rings is 1. The molecule has 1 unspecified atom stereocenters. The molecule has 2 aromatic carbocycles. The second-order valence-corrected chi connectivity index (χ2v) is 9.22. The Morgan fingerprint density at radius 2 is 1.59 bits per heavy atom. The van der Waals surface area contributed by atoms with Crippen molar-refractivity contribution in [2.75, 3.05) is 19.6 Å². The van der Waals surface area contributed by atoms with E-state index in [-0.39, 0.29) is 11.8 Å². The van der Waals surface area contributed by atoms with Crippen molar-refractivity contribution in [3.8, 4) is 0 Å². The average molecular weight is 464 g/mol. The van der Waals surface area contributed by atoms with Gasteiger partial charge in [-0.1, -0.05) is 56.7 Å². The first kappa shape index (κ1) is 25.5. The van der Waals surface area contributed by atoms with Crippen molar-refractivity contribution >= 4 is 22.8 Å². The zero-order chi connectivity index (χ0) is 24.3. The van der Waals surface area contributed by atoms with Crippen LogP contribution < -0.4 is 5.32 Å². The minimum Gasteiger partial charge on any atom is -0.480 e. The van der Waals surface area contributed by atoms with Crippen LogP contribution in [0.1, 0.15) is 49.9 Å². The normalized spacial score (nSPS) is 14.9. The molecule has 6 heteroatoms. The van der Waals surface area contributed by atoms with E-state index < -0.39 is 12.0 Å². The summed E-state index contributed by atoms with van der Waals surface area (Å²) in [6.07, 6.45) is 7.71. The molecular weight excluding hydrogens is 426 g/mol. The first-order valence-corrected chi connectivity index (χ1v) is 12.3. The number of aromatic nitrogens is 1. The Hall–Kier alpha value is -3.12. The van der Waals surface area contributed by atoms with E-state index in [4.69, 9.17) is 5.11 Å². The highest BCUT2D eigenvalue weighted by molar-refractivity contribution is 5.96. The number of carboxylic acid groups (broad SMARTS) is 1. The van der Waals surface area contributed by atoms with Gasteiger partial charge < -0.3 is 19.9 Å². The van der Waals surface area contributed by atoms with Gasteiger partial charge in [-0.2, -0.15) is 0 Å². The molecule has 2 N–H and O–H groups in total. The summed E-state index contributed by atoms with van der Waals surface area (Å²) in [6, 6.07) is 18.6. The number of benzene rings is 2. The van der Waals surface area contributed by atoms with Crippen LogP contribution in [-0.4, -0.2) is 52.1 Å². The summed E-state index contributed by atoms with van der Waals surface area (Å²) in [5.74, 6) is -1.52. The number of aliphatic carboxylic acids is 1. The maximum atomic E-state index is 11.7. The summed E-state index contributed by atoms with van der Waals surface area (Å²) >= 11 is 0. The Balaban J connectivity index is 0.000000192.